The maximum Gasteiger partial charge on any atom is 0.341 e. The van der Waals surface area contributed by atoms with Crippen molar-refractivity contribution >= 4 is 67.2 Å². The minimum absolute atomic E-state index is 0.114. The number of halogens is 1. The molecule has 0 atom stereocenters. The first-order chi connectivity index (χ1) is 15.1. The molecule has 0 bridgehead atoms. The van der Waals surface area contributed by atoms with Crippen LogP contribution in [0.5, 0.6) is 0 Å². The molecule has 4 nitrogen and oxygen atoms in total. The Labute approximate surface area is 196 Å². The number of carbonyl (C=O) groups excluding carboxylic acids is 2. The largest absolute Gasteiger partial charge is 0.462 e. The third-order valence-corrected chi connectivity index (χ3v) is 7.55. The topological polar surface area (TPSA) is 47.8 Å². The van der Waals surface area contributed by atoms with Gasteiger partial charge in [-0.15, -0.1) is 29.0 Å². The highest BCUT2D eigenvalue weighted by Crippen LogP contribution is 2.43. The van der Waals surface area contributed by atoms with Crippen LogP contribution in [0, 0.1) is 11.8 Å². The van der Waals surface area contributed by atoms with Crippen molar-refractivity contribution in [3.05, 3.63) is 69.1 Å². The van der Waals surface area contributed by atoms with Crippen molar-refractivity contribution < 1.29 is 14.3 Å². The molecule has 0 fully saturated rings. The first kappa shape index (κ1) is 21.7. The van der Waals surface area contributed by atoms with Crippen molar-refractivity contribution in [3.8, 4) is 11.8 Å². The molecule has 4 rings (SSSR count). The number of ether oxygens (including phenoxy) is 1. The molecule has 3 heterocycles. The van der Waals surface area contributed by atoms with Crippen LogP contribution in [-0.2, 0) is 4.74 Å². The molecule has 156 valence electrons. The van der Waals surface area contributed by atoms with Crippen LogP contribution in [0.1, 0.15) is 39.4 Å². The van der Waals surface area contributed by atoms with Crippen molar-refractivity contribution in [1.29, 1.82) is 0 Å². The van der Waals surface area contributed by atoms with E-state index >= 15 is 0 Å². The highest BCUT2D eigenvalue weighted by molar-refractivity contribution is 9.10. The van der Waals surface area contributed by atoms with Crippen LogP contribution in [0.25, 0.3) is 16.4 Å². The third kappa shape index (κ3) is 4.03. The number of hydrogen-bond acceptors (Lipinski definition) is 5. The summed E-state index contributed by atoms with van der Waals surface area (Å²) in [5.74, 6) is 6.04. The van der Waals surface area contributed by atoms with Crippen molar-refractivity contribution in [2.24, 2.45) is 0 Å². The zero-order valence-electron chi connectivity index (χ0n) is 16.9. The summed E-state index contributed by atoms with van der Waals surface area (Å²) in [6, 6.07) is 12.9. The van der Waals surface area contributed by atoms with Crippen LogP contribution in [0.2, 0.25) is 0 Å². The molecule has 7 heteroatoms. The Morgan fingerprint density at radius 3 is 2.68 bits per heavy atom. The molecule has 31 heavy (non-hydrogen) atoms. The van der Waals surface area contributed by atoms with Crippen molar-refractivity contribution in [2.45, 2.75) is 18.1 Å². The van der Waals surface area contributed by atoms with E-state index in [4.69, 9.17) is 4.74 Å². The van der Waals surface area contributed by atoms with Gasteiger partial charge in [-0.1, -0.05) is 27.9 Å². The Balaban J connectivity index is 2.02. The molecule has 3 aromatic heterocycles. The monoisotopic (exact) mass is 511 g/mol. The van der Waals surface area contributed by atoms with Gasteiger partial charge in [-0.3, -0.25) is 4.79 Å². The number of ketones is 1. The van der Waals surface area contributed by atoms with Crippen molar-refractivity contribution in [3.63, 3.8) is 0 Å². The molecule has 0 aliphatic rings. The molecule has 0 aliphatic carbocycles. The lowest BCUT2D eigenvalue weighted by molar-refractivity contribution is 0.0531. The summed E-state index contributed by atoms with van der Waals surface area (Å²) < 4.78 is 9.20. The maximum absolute atomic E-state index is 13.5. The first-order valence-corrected chi connectivity index (χ1v) is 12.2. The number of pyridine rings is 1. The van der Waals surface area contributed by atoms with Gasteiger partial charge in [-0.2, -0.15) is 0 Å². The van der Waals surface area contributed by atoms with E-state index in [1.165, 1.54) is 11.3 Å². The molecule has 0 saturated carbocycles. The summed E-state index contributed by atoms with van der Waals surface area (Å²) in [7, 11) is 0. The maximum atomic E-state index is 13.5. The quantitative estimate of drug-likeness (QED) is 0.129. The molecule has 0 N–H and O–H groups in total. The first-order valence-electron chi connectivity index (χ1n) is 9.62. The van der Waals surface area contributed by atoms with Crippen LogP contribution >= 0.6 is 39.0 Å². The second kappa shape index (κ2) is 9.31. The Morgan fingerprint density at radius 1 is 1.19 bits per heavy atom. The predicted octanol–water partition coefficient (Wildman–Crippen LogP) is 6.44. The summed E-state index contributed by atoms with van der Waals surface area (Å²) in [6.45, 7) is 3.84. The zero-order valence-corrected chi connectivity index (χ0v) is 20.1. The summed E-state index contributed by atoms with van der Waals surface area (Å²) in [5.41, 5.74) is 2.59. The Hall–Kier alpha value is -2.53. The van der Waals surface area contributed by atoms with Gasteiger partial charge in [-0.25, -0.2) is 4.79 Å². The minimum atomic E-state index is -0.422. The zero-order chi connectivity index (χ0) is 22.0. The molecule has 0 amide bonds. The van der Waals surface area contributed by atoms with E-state index in [9.17, 15) is 9.59 Å². The highest BCUT2D eigenvalue weighted by atomic mass is 79.9. The standard InChI is InChI=1S/C24H18BrNO3S2/c1-3-5-14-30-24-20-19(22(31-24)21(27)15-9-11-16(25)12-10-15)18(23(28)29-4-2)17-8-6-7-13-26(17)20/h6-13H,4,14H2,1-2H3. The van der Waals surface area contributed by atoms with Gasteiger partial charge in [-0.05, 0) is 50.2 Å². The minimum Gasteiger partial charge on any atom is -0.462 e. The number of hydrogen-bond donors (Lipinski definition) is 0. The summed E-state index contributed by atoms with van der Waals surface area (Å²) in [4.78, 5) is 27.0. The Kier molecular flexibility index (Phi) is 6.51. The summed E-state index contributed by atoms with van der Waals surface area (Å²) in [5, 5.41) is 0.648. The van der Waals surface area contributed by atoms with Gasteiger partial charge in [0.05, 0.1) is 38.0 Å². The van der Waals surface area contributed by atoms with Gasteiger partial charge < -0.3 is 9.14 Å². The molecule has 0 saturated heterocycles. The van der Waals surface area contributed by atoms with Gasteiger partial charge in [0, 0.05) is 21.6 Å². The smallest absolute Gasteiger partial charge is 0.341 e. The summed E-state index contributed by atoms with van der Waals surface area (Å²) >= 11 is 6.39. The average Bonchev–Trinajstić information content (AvgIpc) is 3.30. The molecule has 4 aromatic rings. The normalized spacial score (nSPS) is 10.8. The fourth-order valence-electron chi connectivity index (χ4n) is 3.40. The van der Waals surface area contributed by atoms with E-state index in [0.717, 1.165) is 19.7 Å². The van der Waals surface area contributed by atoms with Gasteiger partial charge >= 0.3 is 5.97 Å². The molecule has 1 aromatic carbocycles. The molecule has 0 aliphatic heterocycles. The van der Waals surface area contributed by atoms with E-state index in [0.29, 0.717) is 27.1 Å². The number of fused-ring (bicyclic) bond motifs is 3. The predicted molar refractivity (Wildman–Crippen MR) is 130 cm³/mol. The van der Waals surface area contributed by atoms with E-state index in [1.807, 2.05) is 40.9 Å². The number of nitrogens with zero attached hydrogens (tertiary/aromatic N) is 1. The van der Waals surface area contributed by atoms with Gasteiger partial charge in [0.25, 0.3) is 0 Å². The Morgan fingerprint density at radius 2 is 1.97 bits per heavy atom. The lowest BCUT2D eigenvalue weighted by Gasteiger charge is -2.04. The van der Waals surface area contributed by atoms with E-state index in [1.54, 1.807) is 37.7 Å². The molecule has 0 radical (unpaired) electrons. The van der Waals surface area contributed by atoms with Crippen LogP contribution in [-0.4, -0.2) is 28.5 Å². The highest BCUT2D eigenvalue weighted by Gasteiger charge is 2.29. The third-order valence-electron chi connectivity index (χ3n) is 4.70. The van der Waals surface area contributed by atoms with E-state index in [2.05, 4.69) is 27.8 Å². The molecular formula is C24H18BrNO3S2. The molecule has 0 spiro atoms. The van der Waals surface area contributed by atoms with Crippen LogP contribution in [0.4, 0.5) is 0 Å². The van der Waals surface area contributed by atoms with Gasteiger partial charge in [0.2, 0.25) is 5.78 Å². The second-order valence-electron chi connectivity index (χ2n) is 6.55. The van der Waals surface area contributed by atoms with Gasteiger partial charge in [0.1, 0.15) is 0 Å². The van der Waals surface area contributed by atoms with E-state index in [-0.39, 0.29) is 12.4 Å². The van der Waals surface area contributed by atoms with Crippen LogP contribution in [0.15, 0.2) is 57.3 Å². The van der Waals surface area contributed by atoms with Crippen molar-refractivity contribution in [1.82, 2.24) is 4.40 Å². The molecule has 0 unspecified atom stereocenters. The lowest BCUT2D eigenvalue weighted by atomic mass is 10.1. The van der Waals surface area contributed by atoms with Gasteiger partial charge in [0.15, 0.2) is 0 Å². The van der Waals surface area contributed by atoms with Crippen molar-refractivity contribution in [2.75, 3.05) is 12.4 Å². The average molecular weight is 512 g/mol. The number of aromatic nitrogens is 1. The number of thiophene rings is 1. The molecular weight excluding hydrogens is 494 g/mol. The second-order valence-corrected chi connectivity index (χ2v) is 9.73. The van der Waals surface area contributed by atoms with Crippen LogP contribution in [0.3, 0.4) is 0 Å². The number of benzene rings is 1. The number of thioether (sulfide) groups is 1. The fraction of sp³-hybridized carbons (Fsp3) is 0.167. The van der Waals surface area contributed by atoms with Crippen LogP contribution < -0.4 is 0 Å². The number of esters is 1. The number of carbonyl (C=O) groups is 2. The fourth-order valence-corrected chi connectivity index (χ4v) is 6.00. The SMILES string of the molecule is CC#CCSc1sc(C(=O)c2ccc(Br)cc2)c2c(C(=O)OCC)c3ccccn3c12. The lowest BCUT2D eigenvalue weighted by Crippen LogP contribution is -2.06. The summed E-state index contributed by atoms with van der Waals surface area (Å²) in [6.07, 6.45) is 1.91. The van der Waals surface area contributed by atoms with E-state index < -0.39 is 5.97 Å². The Bertz CT molecular complexity index is 1360. The number of rotatable bonds is 6.